The standard InChI is InChI=1S/C9H18N2/c1-8(2)6-9(3)10-7-11(4)5/h7-8H,3,6H2,1-2,4-5H3. The van der Waals surface area contributed by atoms with E-state index in [4.69, 9.17) is 0 Å². The van der Waals surface area contributed by atoms with E-state index in [1.165, 1.54) is 0 Å². The average Bonchev–Trinajstić information content (AvgIpc) is 1.82. The van der Waals surface area contributed by atoms with Crippen molar-refractivity contribution in [3.8, 4) is 0 Å². The fourth-order valence-corrected chi connectivity index (χ4v) is 0.721. The molecule has 0 saturated heterocycles. The molecule has 0 spiro atoms. The Bertz CT molecular complexity index is 146. The van der Waals surface area contributed by atoms with Crippen LogP contribution in [0.4, 0.5) is 0 Å². The predicted octanol–water partition coefficient (Wildman–Crippen LogP) is 2.14. The zero-order valence-corrected chi connectivity index (χ0v) is 7.96. The van der Waals surface area contributed by atoms with Gasteiger partial charge in [0.25, 0.3) is 0 Å². The number of hydrogen-bond donors (Lipinski definition) is 0. The maximum absolute atomic E-state index is 4.17. The van der Waals surface area contributed by atoms with Crippen LogP contribution in [0.1, 0.15) is 20.3 Å². The Balaban J connectivity index is 3.69. The fraction of sp³-hybridized carbons (Fsp3) is 0.667. The van der Waals surface area contributed by atoms with Gasteiger partial charge in [0.1, 0.15) is 0 Å². The smallest absolute Gasteiger partial charge is 0.0902 e. The van der Waals surface area contributed by atoms with Gasteiger partial charge in [-0.2, -0.15) is 0 Å². The molecule has 0 rings (SSSR count). The highest BCUT2D eigenvalue weighted by Gasteiger charge is 1.95. The Hall–Kier alpha value is -0.790. The first-order valence-corrected chi connectivity index (χ1v) is 3.90. The van der Waals surface area contributed by atoms with Gasteiger partial charge in [-0.15, -0.1) is 0 Å². The van der Waals surface area contributed by atoms with Gasteiger partial charge in [-0.05, 0) is 12.3 Å². The minimum absolute atomic E-state index is 0.641. The molecule has 0 aliphatic heterocycles. The molecule has 0 unspecified atom stereocenters. The molecule has 0 fully saturated rings. The van der Waals surface area contributed by atoms with Crippen molar-refractivity contribution in [2.24, 2.45) is 10.9 Å². The van der Waals surface area contributed by atoms with Gasteiger partial charge < -0.3 is 4.90 Å². The summed E-state index contributed by atoms with van der Waals surface area (Å²) >= 11 is 0. The molecule has 2 heteroatoms. The van der Waals surface area contributed by atoms with E-state index in [1.807, 2.05) is 19.0 Å². The highest BCUT2D eigenvalue weighted by Crippen LogP contribution is 2.08. The summed E-state index contributed by atoms with van der Waals surface area (Å²) in [6.07, 6.45) is 2.76. The number of hydrogen-bond acceptors (Lipinski definition) is 1. The minimum Gasteiger partial charge on any atom is -0.369 e. The SMILES string of the molecule is C=C(CC(C)C)N=CN(C)C. The molecule has 64 valence electrons. The molecule has 0 atom stereocenters. The summed E-state index contributed by atoms with van der Waals surface area (Å²) in [6, 6.07) is 0. The average molecular weight is 154 g/mol. The monoisotopic (exact) mass is 154 g/mol. The third kappa shape index (κ3) is 7.10. The molecule has 0 aromatic heterocycles. The van der Waals surface area contributed by atoms with Crippen LogP contribution in [-0.4, -0.2) is 25.3 Å². The molecule has 0 aliphatic rings. The lowest BCUT2D eigenvalue weighted by Gasteiger charge is -2.05. The van der Waals surface area contributed by atoms with E-state index in [-0.39, 0.29) is 0 Å². The number of nitrogens with zero attached hydrogens (tertiary/aromatic N) is 2. The molecule has 0 aliphatic carbocycles. The van der Waals surface area contributed by atoms with E-state index < -0.39 is 0 Å². The molecule has 2 nitrogen and oxygen atoms in total. The molecule has 0 amide bonds. The number of allylic oxidation sites excluding steroid dienone is 1. The van der Waals surface area contributed by atoms with Crippen molar-refractivity contribution in [3.05, 3.63) is 12.3 Å². The zero-order chi connectivity index (χ0) is 8.85. The van der Waals surface area contributed by atoms with Crippen molar-refractivity contribution in [1.29, 1.82) is 0 Å². The van der Waals surface area contributed by atoms with Gasteiger partial charge in [-0.25, -0.2) is 4.99 Å². The van der Waals surface area contributed by atoms with E-state index in [0.717, 1.165) is 12.1 Å². The molecule has 0 N–H and O–H groups in total. The third-order valence-electron chi connectivity index (χ3n) is 1.12. The van der Waals surface area contributed by atoms with Crippen LogP contribution in [0.2, 0.25) is 0 Å². The normalized spacial score (nSPS) is 11.0. The second kappa shape index (κ2) is 4.94. The van der Waals surface area contributed by atoms with Crippen LogP contribution in [-0.2, 0) is 0 Å². The van der Waals surface area contributed by atoms with Crippen molar-refractivity contribution >= 4 is 6.34 Å². The highest BCUT2D eigenvalue weighted by molar-refractivity contribution is 5.55. The molecule has 0 aromatic rings. The van der Waals surface area contributed by atoms with Crippen LogP contribution < -0.4 is 0 Å². The quantitative estimate of drug-likeness (QED) is 0.447. The van der Waals surface area contributed by atoms with Crippen LogP contribution in [0.25, 0.3) is 0 Å². The summed E-state index contributed by atoms with van der Waals surface area (Å²) in [7, 11) is 3.90. The van der Waals surface area contributed by atoms with Crippen molar-refractivity contribution in [3.63, 3.8) is 0 Å². The van der Waals surface area contributed by atoms with E-state index in [9.17, 15) is 0 Å². The second-order valence-electron chi connectivity index (χ2n) is 3.37. The van der Waals surface area contributed by atoms with Crippen LogP contribution in [0, 0.1) is 5.92 Å². The van der Waals surface area contributed by atoms with Gasteiger partial charge >= 0.3 is 0 Å². The van der Waals surface area contributed by atoms with Crippen molar-refractivity contribution in [1.82, 2.24) is 4.90 Å². The summed E-state index contributed by atoms with van der Waals surface area (Å²) in [6.45, 7) is 8.17. The Morgan fingerprint density at radius 2 is 2.09 bits per heavy atom. The summed E-state index contributed by atoms with van der Waals surface area (Å²) in [5.41, 5.74) is 0.953. The Kier molecular flexibility index (Phi) is 4.59. The van der Waals surface area contributed by atoms with Gasteiger partial charge in [-0.1, -0.05) is 20.4 Å². The molecular formula is C9H18N2. The molecule has 0 aromatic carbocycles. The topological polar surface area (TPSA) is 15.6 Å². The lowest BCUT2D eigenvalue weighted by Crippen LogP contribution is -2.07. The molecular weight excluding hydrogens is 136 g/mol. The van der Waals surface area contributed by atoms with E-state index in [0.29, 0.717) is 5.92 Å². The van der Waals surface area contributed by atoms with Crippen LogP contribution in [0.5, 0.6) is 0 Å². The summed E-state index contributed by atoms with van der Waals surface area (Å²) in [5.74, 6) is 0.641. The van der Waals surface area contributed by atoms with Gasteiger partial charge in [0.05, 0.1) is 6.34 Å². The lowest BCUT2D eigenvalue weighted by molar-refractivity contribution is 0.624. The molecule has 0 bridgehead atoms. The first-order valence-electron chi connectivity index (χ1n) is 3.90. The van der Waals surface area contributed by atoms with E-state index in [1.54, 1.807) is 6.34 Å². The largest absolute Gasteiger partial charge is 0.369 e. The minimum atomic E-state index is 0.641. The number of aliphatic imine (C=N–C) groups is 1. The van der Waals surface area contributed by atoms with Crippen molar-refractivity contribution < 1.29 is 0 Å². The Labute approximate surface area is 69.6 Å². The molecule has 0 heterocycles. The molecule has 0 radical (unpaired) electrons. The summed E-state index contributed by atoms with van der Waals surface area (Å²) in [4.78, 5) is 6.08. The van der Waals surface area contributed by atoms with Gasteiger partial charge in [0.2, 0.25) is 0 Å². The first-order chi connectivity index (χ1) is 5.02. The molecule has 11 heavy (non-hydrogen) atoms. The van der Waals surface area contributed by atoms with Crippen molar-refractivity contribution in [2.45, 2.75) is 20.3 Å². The van der Waals surface area contributed by atoms with Gasteiger partial charge in [-0.3, -0.25) is 0 Å². The first kappa shape index (κ1) is 10.2. The maximum atomic E-state index is 4.17. The third-order valence-corrected chi connectivity index (χ3v) is 1.12. The Morgan fingerprint density at radius 3 is 2.45 bits per heavy atom. The number of rotatable bonds is 4. The summed E-state index contributed by atoms with van der Waals surface area (Å²) in [5, 5.41) is 0. The summed E-state index contributed by atoms with van der Waals surface area (Å²) < 4.78 is 0. The van der Waals surface area contributed by atoms with E-state index >= 15 is 0 Å². The fourth-order valence-electron chi connectivity index (χ4n) is 0.721. The van der Waals surface area contributed by atoms with Crippen molar-refractivity contribution in [2.75, 3.05) is 14.1 Å². The van der Waals surface area contributed by atoms with Gasteiger partial charge in [0.15, 0.2) is 0 Å². The zero-order valence-electron chi connectivity index (χ0n) is 7.96. The van der Waals surface area contributed by atoms with Crippen LogP contribution >= 0.6 is 0 Å². The Morgan fingerprint density at radius 1 is 1.55 bits per heavy atom. The van der Waals surface area contributed by atoms with Gasteiger partial charge in [0, 0.05) is 19.8 Å². The predicted molar refractivity (Wildman–Crippen MR) is 50.8 cm³/mol. The van der Waals surface area contributed by atoms with Crippen LogP contribution in [0.15, 0.2) is 17.3 Å². The lowest BCUT2D eigenvalue weighted by atomic mass is 10.1. The van der Waals surface area contributed by atoms with E-state index in [2.05, 4.69) is 25.4 Å². The van der Waals surface area contributed by atoms with Crippen LogP contribution in [0.3, 0.4) is 0 Å². The molecule has 0 saturated carbocycles. The maximum Gasteiger partial charge on any atom is 0.0902 e. The highest BCUT2D eigenvalue weighted by atomic mass is 15.1. The second-order valence-corrected chi connectivity index (χ2v) is 3.37.